The molecule has 8 heteroatoms. The molecule has 1 atom stereocenters. The van der Waals surface area contributed by atoms with Crippen LogP contribution in [0, 0.1) is 0 Å². The summed E-state index contributed by atoms with van der Waals surface area (Å²) in [6, 6.07) is 4.10. The van der Waals surface area contributed by atoms with Gasteiger partial charge in [0.05, 0.1) is 13.2 Å². The fourth-order valence-electron chi connectivity index (χ4n) is 2.84. The maximum atomic E-state index is 11.1. The molecule has 2 N–H and O–H groups in total. The first-order valence-electron chi connectivity index (χ1n) is 7.58. The fraction of sp³-hybridized carbons (Fsp3) is 0.467. The van der Waals surface area contributed by atoms with Crippen LogP contribution in [0.4, 0.5) is 0 Å². The van der Waals surface area contributed by atoms with Gasteiger partial charge in [-0.3, -0.25) is 9.69 Å². The molecule has 0 bridgehead atoms. The summed E-state index contributed by atoms with van der Waals surface area (Å²) in [4.78, 5) is 21.7. The topological polar surface area (TPSA) is 99.2 Å². The first kappa shape index (κ1) is 15.4. The molecule has 23 heavy (non-hydrogen) atoms. The van der Waals surface area contributed by atoms with E-state index in [-0.39, 0.29) is 11.9 Å². The quantitative estimate of drug-likeness (QED) is 0.868. The highest BCUT2D eigenvalue weighted by atomic mass is 16.5. The number of carbonyl (C=O) groups excluding carboxylic acids is 1. The molecule has 3 heterocycles. The molecule has 1 fully saturated rings. The first-order valence-corrected chi connectivity index (χ1v) is 7.58. The van der Waals surface area contributed by atoms with Crippen LogP contribution in [0.2, 0.25) is 0 Å². The zero-order valence-corrected chi connectivity index (χ0v) is 13.1. The van der Waals surface area contributed by atoms with Crippen LogP contribution in [0.5, 0.6) is 5.88 Å². The Morgan fingerprint density at radius 2 is 2.30 bits per heavy atom. The number of hydrogen-bond donors (Lipinski definition) is 1. The third kappa shape index (κ3) is 3.65. The molecule has 0 spiro atoms. The Hall–Kier alpha value is -2.48. The summed E-state index contributed by atoms with van der Waals surface area (Å²) in [5.74, 6) is 0.0917. The second-order valence-electron chi connectivity index (χ2n) is 5.65. The molecular weight excluding hydrogens is 296 g/mol. The monoisotopic (exact) mass is 316 g/mol. The summed E-state index contributed by atoms with van der Waals surface area (Å²) in [5.41, 5.74) is 6.35. The van der Waals surface area contributed by atoms with E-state index < -0.39 is 5.91 Å². The van der Waals surface area contributed by atoms with Crippen molar-refractivity contribution in [3.63, 3.8) is 0 Å². The van der Waals surface area contributed by atoms with Crippen molar-refractivity contribution < 1.29 is 9.53 Å². The molecule has 0 aliphatic carbocycles. The van der Waals surface area contributed by atoms with Gasteiger partial charge in [-0.2, -0.15) is 0 Å². The minimum atomic E-state index is -0.597. The van der Waals surface area contributed by atoms with Gasteiger partial charge in [-0.1, -0.05) is 6.07 Å². The number of nitrogens with two attached hydrogens (primary N) is 1. The van der Waals surface area contributed by atoms with Crippen LogP contribution in [0.25, 0.3) is 0 Å². The van der Waals surface area contributed by atoms with E-state index in [2.05, 4.69) is 20.0 Å². The van der Waals surface area contributed by atoms with Crippen LogP contribution in [0.3, 0.4) is 0 Å². The van der Waals surface area contributed by atoms with Crippen LogP contribution in [0.1, 0.15) is 35.1 Å². The molecule has 0 unspecified atom stereocenters. The van der Waals surface area contributed by atoms with Crippen LogP contribution < -0.4 is 10.5 Å². The van der Waals surface area contributed by atoms with Gasteiger partial charge in [0.1, 0.15) is 6.33 Å². The van der Waals surface area contributed by atoms with Crippen molar-refractivity contribution in [2.24, 2.45) is 5.73 Å². The second-order valence-corrected chi connectivity index (χ2v) is 5.65. The van der Waals surface area contributed by atoms with E-state index in [0.717, 1.165) is 38.0 Å². The number of primary amides is 1. The summed E-state index contributed by atoms with van der Waals surface area (Å²) in [6.45, 7) is 2.71. The number of likely N-dealkylation sites (tertiary alicyclic amines) is 1. The number of rotatable bonds is 5. The Kier molecular flexibility index (Phi) is 4.52. The zero-order valence-electron chi connectivity index (χ0n) is 13.1. The second kappa shape index (κ2) is 6.74. The van der Waals surface area contributed by atoms with Crippen LogP contribution in [-0.4, -0.2) is 50.8 Å². The first-order chi connectivity index (χ1) is 11.2. The zero-order chi connectivity index (χ0) is 16.2. The third-order valence-corrected chi connectivity index (χ3v) is 4.00. The Labute approximate surface area is 134 Å². The average Bonchev–Trinajstić information content (AvgIpc) is 3.06. The number of carbonyl (C=O) groups is 1. The van der Waals surface area contributed by atoms with E-state index in [1.807, 2.05) is 18.3 Å². The number of pyridine rings is 1. The Balaban J connectivity index is 1.63. The maximum Gasteiger partial charge on any atom is 0.288 e. The maximum absolute atomic E-state index is 11.1. The molecule has 2 aromatic rings. The molecule has 0 radical (unpaired) electrons. The number of nitrogens with zero attached hydrogens (tertiary/aromatic N) is 5. The Bertz CT molecular complexity index is 669. The fourth-order valence-corrected chi connectivity index (χ4v) is 2.84. The van der Waals surface area contributed by atoms with E-state index in [1.165, 1.54) is 0 Å². The predicted molar refractivity (Wildman–Crippen MR) is 82.9 cm³/mol. The van der Waals surface area contributed by atoms with Crippen molar-refractivity contribution in [1.29, 1.82) is 0 Å². The van der Waals surface area contributed by atoms with E-state index in [1.54, 1.807) is 18.1 Å². The summed E-state index contributed by atoms with van der Waals surface area (Å²) >= 11 is 0. The van der Waals surface area contributed by atoms with E-state index in [9.17, 15) is 4.79 Å². The highest BCUT2D eigenvalue weighted by Gasteiger charge is 2.23. The highest BCUT2D eigenvalue weighted by Crippen LogP contribution is 2.22. The standard InChI is InChI=1S/C15H20N6O2/c1-23-13-5-4-11(7-17-13)8-20-6-2-3-12(9-20)21-10-18-15(19-21)14(16)22/h4-5,7,10,12H,2-3,6,8-9H2,1H3,(H2,16,22)/t12-/m0/s1. The van der Waals surface area contributed by atoms with E-state index >= 15 is 0 Å². The minimum Gasteiger partial charge on any atom is -0.481 e. The van der Waals surface area contributed by atoms with Gasteiger partial charge in [-0.25, -0.2) is 14.6 Å². The summed E-state index contributed by atoms with van der Waals surface area (Å²) in [5, 5.41) is 4.17. The number of methoxy groups -OCH3 is 1. The van der Waals surface area contributed by atoms with Crippen molar-refractivity contribution in [3.05, 3.63) is 36.0 Å². The number of piperidine rings is 1. The van der Waals surface area contributed by atoms with E-state index in [4.69, 9.17) is 10.5 Å². The molecule has 0 saturated carbocycles. The third-order valence-electron chi connectivity index (χ3n) is 4.00. The van der Waals surface area contributed by atoms with E-state index in [0.29, 0.717) is 5.88 Å². The predicted octanol–water partition coefficient (Wildman–Crippen LogP) is 0.618. The SMILES string of the molecule is COc1ccc(CN2CCC[C@H](n3cnc(C(N)=O)n3)C2)cn1. The van der Waals surface area contributed by atoms with Crippen LogP contribution >= 0.6 is 0 Å². The van der Waals surface area contributed by atoms with Gasteiger partial charge in [0, 0.05) is 25.4 Å². The Morgan fingerprint density at radius 3 is 2.96 bits per heavy atom. The molecular formula is C15H20N6O2. The number of ether oxygens (including phenoxy) is 1. The number of amides is 1. The summed E-state index contributed by atoms with van der Waals surface area (Å²) in [6.07, 6.45) is 5.51. The van der Waals surface area contributed by atoms with Gasteiger partial charge >= 0.3 is 0 Å². The van der Waals surface area contributed by atoms with Crippen molar-refractivity contribution in [2.45, 2.75) is 25.4 Å². The Morgan fingerprint density at radius 1 is 1.43 bits per heavy atom. The highest BCUT2D eigenvalue weighted by molar-refractivity contribution is 5.88. The number of aromatic nitrogens is 4. The molecule has 2 aromatic heterocycles. The molecule has 1 amide bonds. The van der Waals surface area contributed by atoms with Crippen molar-refractivity contribution in [1.82, 2.24) is 24.6 Å². The number of hydrogen-bond acceptors (Lipinski definition) is 6. The largest absolute Gasteiger partial charge is 0.481 e. The van der Waals surface area contributed by atoms with Crippen LogP contribution in [0.15, 0.2) is 24.7 Å². The lowest BCUT2D eigenvalue weighted by Crippen LogP contribution is -2.36. The summed E-state index contributed by atoms with van der Waals surface area (Å²) in [7, 11) is 1.61. The normalized spacial score (nSPS) is 18.7. The van der Waals surface area contributed by atoms with Gasteiger partial charge in [-0.15, -0.1) is 5.10 Å². The van der Waals surface area contributed by atoms with Crippen molar-refractivity contribution >= 4 is 5.91 Å². The summed E-state index contributed by atoms with van der Waals surface area (Å²) < 4.78 is 6.82. The molecule has 1 aliphatic heterocycles. The van der Waals surface area contributed by atoms with Gasteiger partial charge in [0.15, 0.2) is 0 Å². The smallest absolute Gasteiger partial charge is 0.288 e. The molecule has 0 aromatic carbocycles. The molecule has 8 nitrogen and oxygen atoms in total. The van der Waals surface area contributed by atoms with Crippen molar-refractivity contribution in [3.8, 4) is 5.88 Å². The minimum absolute atomic E-state index is 0.0708. The molecule has 3 rings (SSSR count). The van der Waals surface area contributed by atoms with Gasteiger partial charge in [0.25, 0.3) is 5.91 Å². The molecule has 122 valence electrons. The molecule has 1 saturated heterocycles. The lowest BCUT2D eigenvalue weighted by molar-refractivity contribution is 0.0989. The molecule has 1 aliphatic rings. The van der Waals surface area contributed by atoms with Gasteiger partial charge in [-0.05, 0) is 24.9 Å². The lowest BCUT2D eigenvalue weighted by Gasteiger charge is -2.32. The lowest BCUT2D eigenvalue weighted by atomic mass is 10.1. The van der Waals surface area contributed by atoms with Gasteiger partial charge < -0.3 is 10.5 Å². The van der Waals surface area contributed by atoms with Crippen molar-refractivity contribution in [2.75, 3.05) is 20.2 Å². The van der Waals surface area contributed by atoms with Crippen LogP contribution in [-0.2, 0) is 6.54 Å². The average molecular weight is 316 g/mol. The van der Waals surface area contributed by atoms with Gasteiger partial charge in [0.2, 0.25) is 11.7 Å².